The van der Waals surface area contributed by atoms with Gasteiger partial charge in [0.15, 0.2) is 0 Å². The van der Waals surface area contributed by atoms with Crippen molar-refractivity contribution in [2.24, 2.45) is 5.92 Å². The van der Waals surface area contributed by atoms with Crippen LogP contribution in [-0.2, 0) is 6.42 Å². The minimum absolute atomic E-state index is 0.637. The standard InChI is InChI=1S/C21H29NO2/c1-4-18-5-9-20(10-6-18)24-16-14-22-19-7-11-21(12-8-19)23-15-13-17(2)3/h5-12,17,22H,4,13-16H2,1-3H3. The van der Waals surface area contributed by atoms with Crippen LogP contribution in [0, 0.1) is 5.92 Å². The van der Waals surface area contributed by atoms with Gasteiger partial charge in [0.1, 0.15) is 18.1 Å². The van der Waals surface area contributed by atoms with Gasteiger partial charge in [-0.25, -0.2) is 0 Å². The molecule has 0 saturated carbocycles. The van der Waals surface area contributed by atoms with Gasteiger partial charge in [-0.05, 0) is 60.7 Å². The number of anilines is 1. The number of hydrogen-bond donors (Lipinski definition) is 1. The van der Waals surface area contributed by atoms with E-state index in [-0.39, 0.29) is 0 Å². The largest absolute Gasteiger partial charge is 0.494 e. The minimum atomic E-state index is 0.637. The third kappa shape index (κ3) is 6.53. The number of benzene rings is 2. The molecule has 0 radical (unpaired) electrons. The number of aryl methyl sites for hydroxylation is 1. The highest BCUT2D eigenvalue weighted by Crippen LogP contribution is 2.16. The first-order valence-electron chi connectivity index (χ1n) is 8.86. The molecule has 24 heavy (non-hydrogen) atoms. The smallest absolute Gasteiger partial charge is 0.119 e. The molecular formula is C21H29NO2. The first-order valence-corrected chi connectivity index (χ1v) is 8.86. The zero-order valence-electron chi connectivity index (χ0n) is 15.0. The second kappa shape index (κ2) is 9.86. The van der Waals surface area contributed by atoms with Crippen LogP contribution >= 0.6 is 0 Å². The van der Waals surface area contributed by atoms with Crippen LogP contribution in [0.15, 0.2) is 48.5 Å². The number of nitrogens with one attached hydrogen (secondary N) is 1. The molecule has 0 aliphatic rings. The van der Waals surface area contributed by atoms with E-state index in [1.165, 1.54) is 5.56 Å². The van der Waals surface area contributed by atoms with Gasteiger partial charge < -0.3 is 14.8 Å². The average molecular weight is 327 g/mol. The molecule has 0 aromatic heterocycles. The van der Waals surface area contributed by atoms with Crippen LogP contribution in [0.5, 0.6) is 11.5 Å². The summed E-state index contributed by atoms with van der Waals surface area (Å²) in [7, 11) is 0. The number of ether oxygens (including phenoxy) is 2. The van der Waals surface area contributed by atoms with Gasteiger partial charge >= 0.3 is 0 Å². The fourth-order valence-corrected chi connectivity index (χ4v) is 2.27. The molecular weight excluding hydrogens is 298 g/mol. The molecule has 0 amide bonds. The Balaban J connectivity index is 1.66. The topological polar surface area (TPSA) is 30.5 Å². The molecule has 0 unspecified atom stereocenters. The van der Waals surface area contributed by atoms with Crippen molar-refractivity contribution in [3.05, 3.63) is 54.1 Å². The Bertz CT molecular complexity index is 576. The van der Waals surface area contributed by atoms with Crippen molar-refractivity contribution in [3.63, 3.8) is 0 Å². The summed E-state index contributed by atoms with van der Waals surface area (Å²) in [4.78, 5) is 0. The van der Waals surface area contributed by atoms with E-state index in [2.05, 4.69) is 38.2 Å². The summed E-state index contributed by atoms with van der Waals surface area (Å²) < 4.78 is 11.5. The molecule has 2 aromatic rings. The van der Waals surface area contributed by atoms with Gasteiger partial charge in [-0.15, -0.1) is 0 Å². The van der Waals surface area contributed by atoms with Crippen molar-refractivity contribution >= 4 is 5.69 Å². The zero-order valence-corrected chi connectivity index (χ0v) is 15.0. The predicted octanol–water partition coefficient (Wildman–Crippen LogP) is 5.16. The molecule has 0 fully saturated rings. The predicted molar refractivity (Wildman–Crippen MR) is 101 cm³/mol. The second-order valence-corrected chi connectivity index (χ2v) is 6.33. The van der Waals surface area contributed by atoms with E-state index in [0.717, 1.165) is 43.2 Å². The van der Waals surface area contributed by atoms with Gasteiger partial charge in [-0.2, -0.15) is 0 Å². The van der Waals surface area contributed by atoms with Crippen LogP contribution in [0.3, 0.4) is 0 Å². The van der Waals surface area contributed by atoms with Gasteiger partial charge in [-0.3, -0.25) is 0 Å². The van der Waals surface area contributed by atoms with Gasteiger partial charge in [0.2, 0.25) is 0 Å². The summed E-state index contributed by atoms with van der Waals surface area (Å²) in [5, 5.41) is 3.36. The Morgan fingerprint density at radius 2 is 1.42 bits per heavy atom. The Hall–Kier alpha value is -2.16. The summed E-state index contributed by atoms with van der Waals surface area (Å²) >= 11 is 0. The van der Waals surface area contributed by atoms with Gasteiger partial charge in [-0.1, -0.05) is 32.9 Å². The molecule has 3 nitrogen and oxygen atoms in total. The number of hydrogen-bond acceptors (Lipinski definition) is 3. The van der Waals surface area contributed by atoms with E-state index < -0.39 is 0 Å². The SMILES string of the molecule is CCc1ccc(OCCNc2ccc(OCCC(C)C)cc2)cc1. The van der Waals surface area contributed by atoms with E-state index in [1.54, 1.807) is 0 Å². The van der Waals surface area contributed by atoms with E-state index in [1.807, 2.05) is 36.4 Å². The van der Waals surface area contributed by atoms with Crippen molar-refractivity contribution in [1.29, 1.82) is 0 Å². The van der Waals surface area contributed by atoms with Crippen molar-refractivity contribution < 1.29 is 9.47 Å². The lowest BCUT2D eigenvalue weighted by atomic mass is 10.1. The lowest BCUT2D eigenvalue weighted by Gasteiger charge is -2.11. The van der Waals surface area contributed by atoms with Crippen molar-refractivity contribution in [1.82, 2.24) is 0 Å². The van der Waals surface area contributed by atoms with Gasteiger partial charge in [0.25, 0.3) is 0 Å². The molecule has 1 N–H and O–H groups in total. The van der Waals surface area contributed by atoms with E-state index >= 15 is 0 Å². The quantitative estimate of drug-likeness (QED) is 0.611. The lowest BCUT2D eigenvalue weighted by molar-refractivity contribution is 0.289. The monoisotopic (exact) mass is 327 g/mol. The summed E-state index contributed by atoms with van der Waals surface area (Å²) in [6.07, 6.45) is 2.13. The molecule has 0 spiro atoms. The minimum Gasteiger partial charge on any atom is -0.494 e. The summed E-state index contributed by atoms with van der Waals surface area (Å²) in [5.41, 5.74) is 2.41. The highest BCUT2D eigenvalue weighted by Gasteiger charge is 1.98. The fourth-order valence-electron chi connectivity index (χ4n) is 2.27. The average Bonchev–Trinajstić information content (AvgIpc) is 2.60. The maximum atomic E-state index is 5.74. The van der Waals surface area contributed by atoms with Crippen LogP contribution in [0.25, 0.3) is 0 Å². The van der Waals surface area contributed by atoms with Crippen LogP contribution in [-0.4, -0.2) is 19.8 Å². The summed E-state index contributed by atoms with van der Waals surface area (Å²) in [6.45, 7) is 8.74. The van der Waals surface area contributed by atoms with E-state index in [4.69, 9.17) is 9.47 Å². The Kier molecular flexibility index (Phi) is 7.47. The normalized spacial score (nSPS) is 10.7. The van der Waals surface area contributed by atoms with E-state index in [9.17, 15) is 0 Å². The lowest BCUT2D eigenvalue weighted by Crippen LogP contribution is -2.11. The number of rotatable bonds is 10. The molecule has 2 rings (SSSR count). The van der Waals surface area contributed by atoms with Crippen LogP contribution in [0.1, 0.15) is 32.8 Å². The molecule has 0 saturated heterocycles. The fraction of sp³-hybridized carbons (Fsp3) is 0.429. The highest BCUT2D eigenvalue weighted by molar-refractivity contribution is 5.46. The zero-order chi connectivity index (χ0) is 17.2. The van der Waals surface area contributed by atoms with E-state index in [0.29, 0.717) is 12.5 Å². The van der Waals surface area contributed by atoms with Gasteiger partial charge in [0.05, 0.1) is 6.61 Å². The van der Waals surface area contributed by atoms with Crippen molar-refractivity contribution in [3.8, 4) is 11.5 Å². The molecule has 0 atom stereocenters. The summed E-state index contributed by atoms with van der Waals surface area (Å²) in [5.74, 6) is 2.51. The Morgan fingerprint density at radius 1 is 0.833 bits per heavy atom. The first-order chi connectivity index (χ1) is 11.7. The maximum absolute atomic E-state index is 5.74. The Morgan fingerprint density at radius 3 is 2.00 bits per heavy atom. The molecule has 0 heterocycles. The molecule has 2 aromatic carbocycles. The first kappa shape index (κ1) is 18.2. The molecule has 0 aliphatic heterocycles. The molecule has 0 bridgehead atoms. The second-order valence-electron chi connectivity index (χ2n) is 6.33. The van der Waals surface area contributed by atoms with Gasteiger partial charge in [0, 0.05) is 12.2 Å². The highest BCUT2D eigenvalue weighted by atomic mass is 16.5. The third-order valence-electron chi connectivity index (χ3n) is 3.85. The molecule has 3 heteroatoms. The van der Waals surface area contributed by atoms with Crippen molar-refractivity contribution in [2.45, 2.75) is 33.6 Å². The molecule has 130 valence electrons. The summed E-state index contributed by atoms with van der Waals surface area (Å²) in [6, 6.07) is 16.4. The van der Waals surface area contributed by atoms with Crippen LogP contribution in [0.2, 0.25) is 0 Å². The van der Waals surface area contributed by atoms with Crippen molar-refractivity contribution in [2.75, 3.05) is 25.1 Å². The molecule has 0 aliphatic carbocycles. The Labute approximate surface area is 146 Å². The maximum Gasteiger partial charge on any atom is 0.119 e. The van der Waals surface area contributed by atoms with Crippen LogP contribution in [0.4, 0.5) is 5.69 Å². The van der Waals surface area contributed by atoms with Crippen LogP contribution < -0.4 is 14.8 Å². The third-order valence-corrected chi connectivity index (χ3v) is 3.85.